The van der Waals surface area contributed by atoms with Gasteiger partial charge in [-0.3, -0.25) is 5.43 Å². The highest BCUT2D eigenvalue weighted by molar-refractivity contribution is 5.50. The zero-order valence-corrected chi connectivity index (χ0v) is 10.8. The maximum Gasteiger partial charge on any atom is 0.239 e. The Balaban J connectivity index is 2.18. The summed E-state index contributed by atoms with van der Waals surface area (Å²) < 4.78 is 0. The Morgan fingerprint density at radius 3 is 3.17 bits per heavy atom. The molecule has 0 saturated carbocycles. The summed E-state index contributed by atoms with van der Waals surface area (Å²) in [5, 5.41) is 8.95. The Kier molecular flexibility index (Phi) is 4.33. The molecule has 1 saturated heterocycles. The minimum atomic E-state index is 0.253. The van der Waals surface area contributed by atoms with Gasteiger partial charge in [0.15, 0.2) is 0 Å². The van der Waals surface area contributed by atoms with Crippen molar-refractivity contribution in [2.75, 3.05) is 23.5 Å². The monoisotopic (exact) mass is 251 g/mol. The number of hydrogen-bond acceptors (Lipinski definition) is 6. The molecule has 18 heavy (non-hydrogen) atoms. The molecule has 6 heteroatoms. The molecule has 1 unspecified atom stereocenters. The third-order valence-electron chi connectivity index (χ3n) is 3.42. The molecule has 0 spiro atoms. The van der Waals surface area contributed by atoms with Crippen LogP contribution in [-0.2, 0) is 0 Å². The molecule has 0 amide bonds. The van der Waals surface area contributed by atoms with E-state index in [9.17, 15) is 0 Å². The summed E-state index contributed by atoms with van der Waals surface area (Å²) in [6, 6.07) is 0.469. The van der Waals surface area contributed by atoms with E-state index in [2.05, 4.69) is 20.3 Å². The molecular weight excluding hydrogens is 230 g/mol. The predicted octanol–water partition coefficient (Wildman–Crippen LogP) is 0.812. The molecule has 100 valence electrons. The fraction of sp³-hybridized carbons (Fsp3) is 0.667. The molecule has 4 N–H and O–H groups in total. The number of nitrogens with two attached hydrogens (primary N) is 1. The smallest absolute Gasteiger partial charge is 0.239 e. The van der Waals surface area contributed by atoms with Crippen LogP contribution in [0.5, 0.6) is 0 Å². The standard InChI is InChI=1S/C12H21N5O/c1-9-8-14-12(16-13)15-11(9)17-6-2-4-10(17)5-3-7-18/h8,10,18H,2-7,13H2,1H3,(H,14,15,16). The van der Waals surface area contributed by atoms with Crippen LogP contribution in [0.15, 0.2) is 6.20 Å². The zero-order valence-electron chi connectivity index (χ0n) is 10.8. The largest absolute Gasteiger partial charge is 0.396 e. The third-order valence-corrected chi connectivity index (χ3v) is 3.42. The van der Waals surface area contributed by atoms with Gasteiger partial charge in [-0.15, -0.1) is 0 Å². The zero-order chi connectivity index (χ0) is 13.0. The molecule has 1 atom stereocenters. The number of nitrogens with zero attached hydrogens (tertiary/aromatic N) is 3. The highest BCUT2D eigenvalue weighted by Gasteiger charge is 2.26. The summed E-state index contributed by atoms with van der Waals surface area (Å²) in [5.41, 5.74) is 3.55. The molecule has 1 aliphatic heterocycles. The van der Waals surface area contributed by atoms with E-state index in [4.69, 9.17) is 10.9 Å². The Bertz CT molecular complexity index is 398. The second kappa shape index (κ2) is 5.97. The van der Waals surface area contributed by atoms with Crippen molar-refractivity contribution in [2.45, 2.75) is 38.6 Å². The van der Waals surface area contributed by atoms with Gasteiger partial charge in [0.2, 0.25) is 5.95 Å². The quantitative estimate of drug-likeness (QED) is 0.530. The fourth-order valence-electron chi connectivity index (χ4n) is 2.53. The first-order valence-corrected chi connectivity index (χ1v) is 6.44. The van der Waals surface area contributed by atoms with Crippen molar-refractivity contribution in [3.8, 4) is 0 Å². The van der Waals surface area contributed by atoms with E-state index in [-0.39, 0.29) is 6.61 Å². The molecule has 1 fully saturated rings. The number of aryl methyl sites for hydroxylation is 1. The molecule has 6 nitrogen and oxygen atoms in total. The van der Waals surface area contributed by atoms with Crippen LogP contribution in [0.2, 0.25) is 0 Å². The highest BCUT2D eigenvalue weighted by atomic mass is 16.2. The van der Waals surface area contributed by atoms with Gasteiger partial charge in [0.25, 0.3) is 0 Å². The average Bonchev–Trinajstić information content (AvgIpc) is 2.85. The van der Waals surface area contributed by atoms with Gasteiger partial charge in [-0.05, 0) is 32.6 Å². The first kappa shape index (κ1) is 13.0. The molecule has 0 bridgehead atoms. The Hall–Kier alpha value is -1.40. The molecule has 1 aromatic heterocycles. The molecule has 0 radical (unpaired) electrons. The van der Waals surface area contributed by atoms with Crippen molar-refractivity contribution in [1.82, 2.24) is 9.97 Å². The number of nitrogen functional groups attached to an aromatic ring is 1. The second-order valence-electron chi connectivity index (χ2n) is 4.70. The molecule has 0 aliphatic carbocycles. The normalized spacial score (nSPS) is 19.3. The first-order valence-electron chi connectivity index (χ1n) is 6.44. The summed E-state index contributed by atoms with van der Waals surface area (Å²) in [7, 11) is 0. The van der Waals surface area contributed by atoms with E-state index < -0.39 is 0 Å². The Morgan fingerprint density at radius 2 is 2.44 bits per heavy atom. The summed E-state index contributed by atoms with van der Waals surface area (Å²) in [4.78, 5) is 10.9. The molecule has 2 heterocycles. The van der Waals surface area contributed by atoms with E-state index >= 15 is 0 Å². The molecule has 1 aliphatic rings. The predicted molar refractivity (Wildman–Crippen MR) is 71.3 cm³/mol. The van der Waals surface area contributed by atoms with Crippen molar-refractivity contribution in [3.05, 3.63) is 11.8 Å². The van der Waals surface area contributed by atoms with Gasteiger partial charge in [0, 0.05) is 31.0 Å². The van der Waals surface area contributed by atoms with Crippen LogP contribution < -0.4 is 16.2 Å². The van der Waals surface area contributed by atoms with Gasteiger partial charge in [-0.25, -0.2) is 10.8 Å². The van der Waals surface area contributed by atoms with Crippen LogP contribution in [0, 0.1) is 6.92 Å². The van der Waals surface area contributed by atoms with E-state index in [1.54, 1.807) is 6.20 Å². The Labute approximate surface area is 107 Å². The maximum atomic E-state index is 8.95. The van der Waals surface area contributed by atoms with Crippen molar-refractivity contribution >= 4 is 11.8 Å². The summed E-state index contributed by atoms with van der Waals surface area (Å²) in [5.74, 6) is 6.76. The molecule has 1 aromatic rings. The van der Waals surface area contributed by atoms with Crippen LogP contribution in [0.3, 0.4) is 0 Å². The van der Waals surface area contributed by atoms with Crippen LogP contribution >= 0.6 is 0 Å². The minimum Gasteiger partial charge on any atom is -0.396 e. The fourth-order valence-corrected chi connectivity index (χ4v) is 2.53. The molecule has 2 rings (SSSR count). The van der Waals surface area contributed by atoms with Gasteiger partial charge < -0.3 is 10.0 Å². The van der Waals surface area contributed by atoms with Crippen molar-refractivity contribution in [2.24, 2.45) is 5.84 Å². The lowest BCUT2D eigenvalue weighted by Gasteiger charge is -2.27. The van der Waals surface area contributed by atoms with Crippen LogP contribution in [0.4, 0.5) is 11.8 Å². The van der Waals surface area contributed by atoms with E-state index in [1.165, 1.54) is 6.42 Å². The van der Waals surface area contributed by atoms with Gasteiger partial charge in [-0.2, -0.15) is 4.98 Å². The van der Waals surface area contributed by atoms with Gasteiger partial charge in [-0.1, -0.05) is 0 Å². The maximum absolute atomic E-state index is 8.95. The van der Waals surface area contributed by atoms with Crippen LogP contribution in [0.1, 0.15) is 31.2 Å². The number of aromatic nitrogens is 2. The third kappa shape index (κ3) is 2.70. The summed E-state index contributed by atoms with van der Waals surface area (Å²) >= 11 is 0. The van der Waals surface area contributed by atoms with Crippen molar-refractivity contribution in [3.63, 3.8) is 0 Å². The lowest BCUT2D eigenvalue weighted by atomic mass is 10.1. The molecule has 0 aromatic carbocycles. The summed E-state index contributed by atoms with van der Waals surface area (Å²) in [6.45, 7) is 3.28. The Morgan fingerprint density at radius 1 is 1.61 bits per heavy atom. The van der Waals surface area contributed by atoms with Crippen LogP contribution in [0.25, 0.3) is 0 Å². The number of hydrogen-bond donors (Lipinski definition) is 3. The van der Waals surface area contributed by atoms with E-state index in [1.807, 2.05) is 6.92 Å². The number of anilines is 2. The lowest BCUT2D eigenvalue weighted by Crippen LogP contribution is -2.31. The number of nitrogens with one attached hydrogen (secondary N) is 1. The number of aliphatic hydroxyl groups is 1. The number of rotatable bonds is 5. The van der Waals surface area contributed by atoms with Gasteiger partial charge in [0.05, 0.1) is 0 Å². The van der Waals surface area contributed by atoms with E-state index in [0.29, 0.717) is 12.0 Å². The van der Waals surface area contributed by atoms with Crippen LogP contribution in [-0.4, -0.2) is 34.3 Å². The first-order chi connectivity index (χ1) is 8.76. The summed E-state index contributed by atoms with van der Waals surface area (Å²) in [6.07, 6.45) is 5.97. The number of hydrazine groups is 1. The SMILES string of the molecule is Cc1cnc(NN)nc1N1CCCC1CCCO. The highest BCUT2D eigenvalue weighted by Crippen LogP contribution is 2.29. The topological polar surface area (TPSA) is 87.3 Å². The van der Waals surface area contributed by atoms with E-state index in [0.717, 1.165) is 37.2 Å². The average molecular weight is 251 g/mol. The minimum absolute atomic E-state index is 0.253. The number of aliphatic hydroxyl groups excluding tert-OH is 1. The van der Waals surface area contributed by atoms with Gasteiger partial charge in [0.1, 0.15) is 5.82 Å². The lowest BCUT2D eigenvalue weighted by molar-refractivity contribution is 0.279. The van der Waals surface area contributed by atoms with Gasteiger partial charge >= 0.3 is 0 Å². The van der Waals surface area contributed by atoms with Crippen molar-refractivity contribution in [1.29, 1.82) is 0 Å². The van der Waals surface area contributed by atoms with Crippen molar-refractivity contribution < 1.29 is 5.11 Å². The second-order valence-corrected chi connectivity index (χ2v) is 4.70. The molecular formula is C12H21N5O.